The number of hydrogen-bond donors (Lipinski definition) is 2. The average Bonchev–Trinajstić information content (AvgIpc) is 2.65. The first-order valence-corrected chi connectivity index (χ1v) is 7.22. The molecule has 1 saturated heterocycles. The number of benzene rings is 1. The lowest BCUT2D eigenvalue weighted by atomic mass is 10.1. The van der Waals surface area contributed by atoms with Crippen molar-refractivity contribution in [2.24, 2.45) is 0 Å². The van der Waals surface area contributed by atoms with Gasteiger partial charge >= 0.3 is 0 Å². The zero-order valence-corrected chi connectivity index (χ0v) is 11.9. The number of nitrogens with one attached hydrogen (secondary N) is 2. The highest BCUT2D eigenvalue weighted by molar-refractivity contribution is 5.77. The van der Waals surface area contributed by atoms with Crippen LogP contribution >= 0.6 is 0 Å². The maximum Gasteiger partial charge on any atom is 0.221 e. The molecule has 1 aromatic rings. The monoisotopic (exact) mass is 279 g/mol. The van der Waals surface area contributed by atoms with Crippen LogP contribution in [0.1, 0.15) is 25.3 Å². The maximum atomic E-state index is 14.1. The molecule has 0 radical (unpaired) electrons. The predicted molar refractivity (Wildman–Crippen MR) is 78.2 cm³/mol. The molecule has 1 fully saturated rings. The molecular weight excluding hydrogens is 257 g/mol. The third-order valence-electron chi connectivity index (χ3n) is 3.48. The van der Waals surface area contributed by atoms with E-state index in [1.807, 2.05) is 6.07 Å². The predicted octanol–water partition coefficient (Wildman–Crippen LogP) is 1.65. The molecule has 110 valence electrons. The molecule has 2 rings (SSSR count). The molecule has 1 aromatic carbocycles. The van der Waals surface area contributed by atoms with Gasteiger partial charge in [0.25, 0.3) is 0 Å². The van der Waals surface area contributed by atoms with Crippen molar-refractivity contribution >= 4 is 11.6 Å². The molecule has 0 unspecified atom stereocenters. The molecule has 20 heavy (non-hydrogen) atoms. The molecule has 1 heterocycles. The van der Waals surface area contributed by atoms with Gasteiger partial charge in [0.15, 0.2) is 0 Å². The van der Waals surface area contributed by atoms with Crippen LogP contribution in [0.15, 0.2) is 18.2 Å². The molecular formula is C15H22FN3O. The van der Waals surface area contributed by atoms with Crippen LogP contribution in [0, 0.1) is 5.82 Å². The highest BCUT2D eigenvalue weighted by Crippen LogP contribution is 2.24. The van der Waals surface area contributed by atoms with E-state index in [2.05, 4.69) is 22.5 Å². The summed E-state index contributed by atoms with van der Waals surface area (Å²) in [6.45, 7) is 5.44. The van der Waals surface area contributed by atoms with Gasteiger partial charge in [-0.25, -0.2) is 4.39 Å². The molecule has 1 aliphatic heterocycles. The van der Waals surface area contributed by atoms with E-state index in [0.29, 0.717) is 31.6 Å². The maximum absolute atomic E-state index is 14.1. The second-order valence-electron chi connectivity index (χ2n) is 5.00. The van der Waals surface area contributed by atoms with Crippen LogP contribution in [-0.2, 0) is 11.3 Å². The molecule has 4 nitrogen and oxygen atoms in total. The Balaban J connectivity index is 2.16. The number of carbonyl (C=O) groups excluding carboxylic acids is 1. The van der Waals surface area contributed by atoms with Gasteiger partial charge in [0.2, 0.25) is 5.91 Å². The quantitative estimate of drug-likeness (QED) is 0.806. The minimum atomic E-state index is -0.186. The Kier molecular flexibility index (Phi) is 5.35. The second-order valence-corrected chi connectivity index (χ2v) is 5.00. The Bertz CT molecular complexity index is 464. The molecule has 0 aliphatic carbocycles. The first kappa shape index (κ1) is 14.8. The van der Waals surface area contributed by atoms with E-state index in [-0.39, 0.29) is 11.7 Å². The van der Waals surface area contributed by atoms with Crippen LogP contribution in [0.2, 0.25) is 0 Å². The van der Waals surface area contributed by atoms with E-state index in [1.165, 1.54) is 6.07 Å². The Morgan fingerprint density at radius 3 is 3.05 bits per heavy atom. The zero-order valence-electron chi connectivity index (χ0n) is 11.9. The number of amides is 1. The fourth-order valence-corrected chi connectivity index (χ4v) is 2.42. The number of carbonyl (C=O) groups is 1. The molecule has 0 bridgehead atoms. The van der Waals surface area contributed by atoms with Gasteiger partial charge in [-0.1, -0.05) is 13.0 Å². The van der Waals surface area contributed by atoms with Gasteiger partial charge in [-0.2, -0.15) is 0 Å². The van der Waals surface area contributed by atoms with Crippen molar-refractivity contribution in [2.45, 2.75) is 26.3 Å². The fourth-order valence-electron chi connectivity index (χ4n) is 2.42. The van der Waals surface area contributed by atoms with Crippen LogP contribution in [0.5, 0.6) is 0 Å². The summed E-state index contributed by atoms with van der Waals surface area (Å²) in [5.41, 5.74) is 1.58. The van der Waals surface area contributed by atoms with Crippen molar-refractivity contribution in [3.8, 4) is 0 Å². The number of rotatable bonds is 5. The van der Waals surface area contributed by atoms with E-state index in [9.17, 15) is 9.18 Å². The SMILES string of the molecule is CCCNCc1c(F)cccc1N1CCNC(=O)CC1. The van der Waals surface area contributed by atoms with Gasteiger partial charge in [0, 0.05) is 43.9 Å². The van der Waals surface area contributed by atoms with Crippen molar-refractivity contribution in [1.82, 2.24) is 10.6 Å². The van der Waals surface area contributed by atoms with Gasteiger partial charge in [0.05, 0.1) is 0 Å². The third kappa shape index (κ3) is 3.70. The lowest BCUT2D eigenvalue weighted by Crippen LogP contribution is -2.30. The summed E-state index contributed by atoms with van der Waals surface area (Å²) in [6, 6.07) is 5.16. The van der Waals surface area contributed by atoms with E-state index in [0.717, 1.165) is 25.2 Å². The summed E-state index contributed by atoms with van der Waals surface area (Å²) >= 11 is 0. The standard InChI is InChI=1S/C15H22FN3O/c1-2-7-17-11-12-13(16)4-3-5-14(12)19-9-6-15(20)18-8-10-19/h3-5,17H,2,6-11H2,1H3,(H,18,20). The van der Waals surface area contributed by atoms with E-state index >= 15 is 0 Å². The van der Waals surface area contributed by atoms with Gasteiger partial charge in [-0.15, -0.1) is 0 Å². The van der Waals surface area contributed by atoms with Crippen molar-refractivity contribution in [1.29, 1.82) is 0 Å². The highest BCUT2D eigenvalue weighted by atomic mass is 19.1. The Hall–Kier alpha value is -1.62. The fraction of sp³-hybridized carbons (Fsp3) is 0.533. The van der Waals surface area contributed by atoms with Crippen LogP contribution in [0.25, 0.3) is 0 Å². The molecule has 1 amide bonds. The van der Waals surface area contributed by atoms with E-state index in [1.54, 1.807) is 6.07 Å². The average molecular weight is 279 g/mol. The lowest BCUT2D eigenvalue weighted by Gasteiger charge is -2.25. The van der Waals surface area contributed by atoms with E-state index in [4.69, 9.17) is 0 Å². The molecule has 2 N–H and O–H groups in total. The Labute approximate surface area is 119 Å². The van der Waals surface area contributed by atoms with Crippen LogP contribution in [0.4, 0.5) is 10.1 Å². The lowest BCUT2D eigenvalue weighted by molar-refractivity contribution is -0.120. The summed E-state index contributed by atoms with van der Waals surface area (Å²) in [5.74, 6) is -0.121. The molecule has 0 spiro atoms. The summed E-state index contributed by atoms with van der Waals surface area (Å²) in [5, 5.41) is 6.09. The normalized spacial score (nSPS) is 15.9. The Morgan fingerprint density at radius 1 is 1.40 bits per heavy atom. The van der Waals surface area contributed by atoms with Gasteiger partial charge in [-0.3, -0.25) is 4.79 Å². The molecule has 1 aliphatic rings. The molecule has 0 aromatic heterocycles. The summed E-state index contributed by atoms with van der Waals surface area (Å²) in [7, 11) is 0. The van der Waals surface area contributed by atoms with Crippen molar-refractivity contribution in [3.63, 3.8) is 0 Å². The zero-order chi connectivity index (χ0) is 14.4. The van der Waals surface area contributed by atoms with Crippen LogP contribution in [0.3, 0.4) is 0 Å². The van der Waals surface area contributed by atoms with Crippen LogP contribution in [-0.4, -0.2) is 32.1 Å². The topological polar surface area (TPSA) is 44.4 Å². The van der Waals surface area contributed by atoms with Crippen molar-refractivity contribution in [3.05, 3.63) is 29.6 Å². The number of anilines is 1. The highest BCUT2D eigenvalue weighted by Gasteiger charge is 2.18. The smallest absolute Gasteiger partial charge is 0.221 e. The first-order valence-electron chi connectivity index (χ1n) is 7.22. The molecule has 0 atom stereocenters. The van der Waals surface area contributed by atoms with E-state index < -0.39 is 0 Å². The number of halogens is 1. The second kappa shape index (κ2) is 7.24. The van der Waals surface area contributed by atoms with Crippen LogP contribution < -0.4 is 15.5 Å². The molecule has 5 heteroatoms. The number of hydrogen-bond acceptors (Lipinski definition) is 3. The van der Waals surface area contributed by atoms with Crippen molar-refractivity contribution in [2.75, 3.05) is 31.1 Å². The van der Waals surface area contributed by atoms with Gasteiger partial charge in [-0.05, 0) is 25.1 Å². The minimum absolute atomic E-state index is 0.0644. The first-order chi connectivity index (χ1) is 9.72. The number of nitrogens with zero attached hydrogens (tertiary/aromatic N) is 1. The molecule has 0 saturated carbocycles. The minimum Gasteiger partial charge on any atom is -0.369 e. The van der Waals surface area contributed by atoms with Gasteiger partial charge in [0.1, 0.15) is 5.82 Å². The summed E-state index contributed by atoms with van der Waals surface area (Å²) in [6.07, 6.45) is 1.48. The van der Waals surface area contributed by atoms with Gasteiger partial charge < -0.3 is 15.5 Å². The third-order valence-corrected chi connectivity index (χ3v) is 3.48. The summed E-state index contributed by atoms with van der Waals surface area (Å²) in [4.78, 5) is 13.5. The largest absolute Gasteiger partial charge is 0.369 e. The Morgan fingerprint density at radius 2 is 2.25 bits per heavy atom. The van der Waals surface area contributed by atoms with Crippen molar-refractivity contribution < 1.29 is 9.18 Å². The summed E-state index contributed by atoms with van der Waals surface area (Å²) < 4.78 is 14.1.